The third-order valence-corrected chi connectivity index (χ3v) is 4.18. The van der Waals surface area contributed by atoms with Crippen LogP contribution in [-0.4, -0.2) is 47.0 Å². The Labute approximate surface area is 113 Å². The van der Waals surface area contributed by atoms with E-state index in [0.29, 0.717) is 17.9 Å². The van der Waals surface area contributed by atoms with Gasteiger partial charge < -0.3 is 9.80 Å². The molecule has 19 heavy (non-hydrogen) atoms. The molecule has 0 spiro atoms. The fourth-order valence-corrected chi connectivity index (χ4v) is 2.75. The standard InChI is InChI=1S/C14H20N4O/c1-17(14(19)11-2-3-11)12-5-8-18(9-6-12)13-4-7-15-10-16-13/h4,7,10-12H,2-3,5-6,8-9H2,1H3. The van der Waals surface area contributed by atoms with Gasteiger partial charge in [-0.25, -0.2) is 9.97 Å². The lowest BCUT2D eigenvalue weighted by Crippen LogP contribution is -2.46. The maximum absolute atomic E-state index is 12.0. The number of nitrogens with zero attached hydrogens (tertiary/aromatic N) is 4. The molecule has 0 bridgehead atoms. The van der Waals surface area contributed by atoms with Gasteiger partial charge >= 0.3 is 0 Å². The zero-order chi connectivity index (χ0) is 13.2. The molecule has 5 heteroatoms. The molecule has 102 valence electrons. The Morgan fingerprint density at radius 1 is 1.32 bits per heavy atom. The summed E-state index contributed by atoms with van der Waals surface area (Å²) in [6, 6.07) is 2.34. The van der Waals surface area contributed by atoms with Gasteiger partial charge in [0.25, 0.3) is 0 Å². The fraction of sp³-hybridized carbons (Fsp3) is 0.643. The number of anilines is 1. The molecule has 2 fully saturated rings. The molecule has 1 aliphatic heterocycles. The van der Waals surface area contributed by atoms with Crippen molar-refractivity contribution in [3.8, 4) is 0 Å². The molecule has 0 radical (unpaired) electrons. The third-order valence-electron chi connectivity index (χ3n) is 4.18. The van der Waals surface area contributed by atoms with Gasteiger partial charge in [0.05, 0.1) is 0 Å². The Morgan fingerprint density at radius 2 is 2.05 bits per heavy atom. The Kier molecular flexibility index (Phi) is 3.36. The van der Waals surface area contributed by atoms with E-state index < -0.39 is 0 Å². The minimum atomic E-state index is 0.324. The first-order chi connectivity index (χ1) is 9.25. The number of rotatable bonds is 3. The van der Waals surface area contributed by atoms with Crippen LogP contribution >= 0.6 is 0 Å². The van der Waals surface area contributed by atoms with Gasteiger partial charge in [-0.15, -0.1) is 0 Å². The topological polar surface area (TPSA) is 49.3 Å². The van der Waals surface area contributed by atoms with E-state index in [4.69, 9.17) is 0 Å². The second-order valence-electron chi connectivity index (χ2n) is 5.51. The predicted molar refractivity (Wildman–Crippen MR) is 72.8 cm³/mol. The van der Waals surface area contributed by atoms with Crippen molar-refractivity contribution in [2.24, 2.45) is 5.92 Å². The van der Waals surface area contributed by atoms with Crippen molar-refractivity contribution in [3.05, 3.63) is 18.6 Å². The second kappa shape index (κ2) is 5.15. The van der Waals surface area contributed by atoms with E-state index in [1.165, 1.54) is 0 Å². The van der Waals surface area contributed by atoms with Gasteiger partial charge in [-0.2, -0.15) is 0 Å². The largest absolute Gasteiger partial charge is 0.356 e. The lowest BCUT2D eigenvalue weighted by Gasteiger charge is -2.37. The number of carbonyl (C=O) groups excluding carboxylic acids is 1. The Bertz CT molecular complexity index is 438. The van der Waals surface area contributed by atoms with Crippen LogP contribution in [0.2, 0.25) is 0 Å². The van der Waals surface area contributed by atoms with E-state index in [-0.39, 0.29) is 0 Å². The maximum Gasteiger partial charge on any atom is 0.225 e. The van der Waals surface area contributed by atoms with E-state index in [9.17, 15) is 4.79 Å². The molecule has 3 rings (SSSR count). The van der Waals surface area contributed by atoms with Crippen LogP contribution in [0.5, 0.6) is 0 Å². The second-order valence-corrected chi connectivity index (χ2v) is 5.51. The molecule has 2 heterocycles. The summed E-state index contributed by atoms with van der Waals surface area (Å²) in [6.45, 7) is 1.92. The number of hydrogen-bond donors (Lipinski definition) is 0. The first-order valence-corrected chi connectivity index (χ1v) is 7.03. The zero-order valence-corrected chi connectivity index (χ0v) is 11.3. The van der Waals surface area contributed by atoms with Crippen LogP contribution in [0.15, 0.2) is 18.6 Å². The highest BCUT2D eigenvalue weighted by molar-refractivity contribution is 5.81. The molecular weight excluding hydrogens is 240 g/mol. The maximum atomic E-state index is 12.0. The summed E-state index contributed by atoms with van der Waals surface area (Å²) < 4.78 is 0. The minimum Gasteiger partial charge on any atom is -0.356 e. The van der Waals surface area contributed by atoms with Crippen molar-refractivity contribution in [2.45, 2.75) is 31.7 Å². The molecule has 0 N–H and O–H groups in total. The Balaban J connectivity index is 1.55. The monoisotopic (exact) mass is 260 g/mol. The molecule has 1 amide bonds. The van der Waals surface area contributed by atoms with Gasteiger partial charge in [-0.1, -0.05) is 0 Å². The normalized spacial score (nSPS) is 20.4. The summed E-state index contributed by atoms with van der Waals surface area (Å²) in [4.78, 5) is 24.5. The molecule has 1 saturated carbocycles. The SMILES string of the molecule is CN(C(=O)C1CC1)C1CCN(c2ccncn2)CC1. The molecule has 0 aromatic carbocycles. The first-order valence-electron chi connectivity index (χ1n) is 7.03. The number of hydrogen-bond acceptors (Lipinski definition) is 4. The fourth-order valence-electron chi connectivity index (χ4n) is 2.75. The summed E-state index contributed by atoms with van der Waals surface area (Å²) in [6.07, 6.45) is 7.59. The lowest BCUT2D eigenvalue weighted by molar-refractivity contribution is -0.133. The van der Waals surface area contributed by atoms with Crippen LogP contribution in [0.3, 0.4) is 0 Å². The van der Waals surface area contributed by atoms with E-state index in [0.717, 1.165) is 44.6 Å². The highest BCUT2D eigenvalue weighted by atomic mass is 16.2. The van der Waals surface area contributed by atoms with Gasteiger partial charge in [0.2, 0.25) is 5.91 Å². The molecule has 1 aliphatic carbocycles. The summed E-state index contributed by atoms with van der Waals surface area (Å²) in [5.74, 6) is 1.66. The smallest absolute Gasteiger partial charge is 0.225 e. The van der Waals surface area contributed by atoms with Gasteiger partial charge in [0.1, 0.15) is 12.1 Å². The number of carbonyl (C=O) groups is 1. The minimum absolute atomic E-state index is 0.324. The van der Waals surface area contributed by atoms with E-state index in [1.807, 2.05) is 18.0 Å². The molecule has 0 unspecified atom stereocenters. The Hall–Kier alpha value is -1.65. The average molecular weight is 260 g/mol. The highest BCUT2D eigenvalue weighted by Crippen LogP contribution is 2.32. The summed E-state index contributed by atoms with van der Waals surface area (Å²) in [7, 11) is 1.96. The quantitative estimate of drug-likeness (QED) is 0.822. The van der Waals surface area contributed by atoms with Crippen molar-refractivity contribution < 1.29 is 4.79 Å². The van der Waals surface area contributed by atoms with Crippen LogP contribution in [-0.2, 0) is 4.79 Å². The molecule has 1 aromatic heterocycles. The van der Waals surface area contributed by atoms with Crippen molar-refractivity contribution in [1.29, 1.82) is 0 Å². The van der Waals surface area contributed by atoms with Crippen molar-refractivity contribution in [3.63, 3.8) is 0 Å². The first kappa shape index (κ1) is 12.4. The van der Waals surface area contributed by atoms with Crippen LogP contribution < -0.4 is 4.90 Å². The van der Waals surface area contributed by atoms with Gasteiger partial charge in [0.15, 0.2) is 0 Å². The third kappa shape index (κ3) is 2.69. The number of amides is 1. The number of aromatic nitrogens is 2. The van der Waals surface area contributed by atoms with Crippen LogP contribution in [0.4, 0.5) is 5.82 Å². The van der Waals surface area contributed by atoms with Gasteiger partial charge in [-0.05, 0) is 31.7 Å². The van der Waals surface area contributed by atoms with Gasteiger partial charge in [0, 0.05) is 38.3 Å². The van der Waals surface area contributed by atoms with Crippen LogP contribution in [0.1, 0.15) is 25.7 Å². The summed E-state index contributed by atoms with van der Waals surface area (Å²) in [5.41, 5.74) is 0. The highest BCUT2D eigenvalue weighted by Gasteiger charge is 2.35. The molecule has 5 nitrogen and oxygen atoms in total. The predicted octanol–water partition coefficient (Wildman–Crippen LogP) is 1.31. The van der Waals surface area contributed by atoms with Crippen LogP contribution in [0, 0.1) is 5.92 Å². The van der Waals surface area contributed by atoms with Gasteiger partial charge in [-0.3, -0.25) is 4.79 Å². The number of piperidine rings is 1. The van der Waals surface area contributed by atoms with E-state index in [1.54, 1.807) is 12.5 Å². The van der Waals surface area contributed by atoms with E-state index in [2.05, 4.69) is 14.9 Å². The van der Waals surface area contributed by atoms with E-state index >= 15 is 0 Å². The summed E-state index contributed by atoms with van der Waals surface area (Å²) in [5, 5.41) is 0. The molecule has 1 aromatic rings. The van der Waals surface area contributed by atoms with Crippen LogP contribution in [0.25, 0.3) is 0 Å². The zero-order valence-electron chi connectivity index (χ0n) is 11.3. The van der Waals surface area contributed by atoms with Crippen molar-refractivity contribution in [2.75, 3.05) is 25.0 Å². The molecule has 0 atom stereocenters. The molecule has 1 saturated heterocycles. The Morgan fingerprint density at radius 3 is 2.63 bits per heavy atom. The van der Waals surface area contributed by atoms with Crippen molar-refractivity contribution >= 4 is 11.7 Å². The average Bonchev–Trinajstić information content (AvgIpc) is 3.31. The van der Waals surface area contributed by atoms with Crippen molar-refractivity contribution in [1.82, 2.24) is 14.9 Å². The molecule has 2 aliphatic rings. The lowest BCUT2D eigenvalue weighted by atomic mass is 10.0. The summed E-state index contributed by atoms with van der Waals surface area (Å²) >= 11 is 0. The molecular formula is C14H20N4O.